The molecule has 81 valence electrons. The zero-order chi connectivity index (χ0) is 11.7. The number of hydrogen-bond acceptors (Lipinski definition) is 3. The maximum atomic E-state index is 7.32. The molecule has 15 heavy (non-hydrogen) atoms. The summed E-state index contributed by atoms with van der Waals surface area (Å²) in [6, 6.07) is 5.25. The van der Waals surface area contributed by atoms with Crippen LogP contribution < -0.4 is 0 Å². The van der Waals surface area contributed by atoms with Crippen molar-refractivity contribution in [3.63, 3.8) is 0 Å². The average molecular weight is 289 g/mol. The van der Waals surface area contributed by atoms with Crippen LogP contribution in [-0.4, -0.2) is 0 Å². The van der Waals surface area contributed by atoms with Crippen molar-refractivity contribution in [2.24, 2.45) is 0 Å². The summed E-state index contributed by atoms with van der Waals surface area (Å²) in [5.74, 6) is 0. The molecular formula is C11H14N3Ru. The molecule has 0 aromatic carbocycles. The molecule has 0 unspecified atom stereocenters. The molecule has 0 saturated heterocycles. The molecule has 4 heteroatoms. The molecule has 1 aliphatic carbocycles. The van der Waals surface area contributed by atoms with Gasteiger partial charge < -0.3 is 0 Å². The summed E-state index contributed by atoms with van der Waals surface area (Å²) >= 11 is 0. The number of allylic oxidation sites excluding steroid dienone is 4. The van der Waals surface area contributed by atoms with E-state index in [1.807, 2.05) is 12.2 Å². The van der Waals surface area contributed by atoms with Gasteiger partial charge in [0, 0.05) is 20.8 Å². The summed E-state index contributed by atoms with van der Waals surface area (Å²) < 4.78 is 0. The van der Waals surface area contributed by atoms with Crippen molar-refractivity contribution in [3.8, 4) is 18.2 Å². The molecule has 0 spiro atoms. The van der Waals surface area contributed by atoms with Gasteiger partial charge in [0.25, 0.3) is 0 Å². The summed E-state index contributed by atoms with van der Waals surface area (Å²) in [4.78, 5) is 0. The SMILES string of the molecule is CC#N.CC#N.CC#N.[C-]1=CC=CC1.[Ru+]. The van der Waals surface area contributed by atoms with Crippen LogP contribution in [0.4, 0.5) is 0 Å². The first-order chi connectivity index (χ1) is 6.74. The summed E-state index contributed by atoms with van der Waals surface area (Å²) in [6.45, 7) is 4.29. The fraction of sp³-hybridized carbons (Fsp3) is 0.364. The Kier molecular flexibility index (Phi) is 60.8. The molecule has 0 heterocycles. The van der Waals surface area contributed by atoms with Crippen LogP contribution in [0.2, 0.25) is 0 Å². The molecular weight excluding hydrogens is 275 g/mol. The largest absolute Gasteiger partial charge is 1.00 e. The van der Waals surface area contributed by atoms with Crippen molar-refractivity contribution >= 4 is 0 Å². The molecule has 0 atom stereocenters. The molecule has 1 aliphatic rings. The van der Waals surface area contributed by atoms with Crippen LogP contribution in [0.1, 0.15) is 27.2 Å². The summed E-state index contributed by atoms with van der Waals surface area (Å²) in [5, 5.41) is 22.0. The van der Waals surface area contributed by atoms with Gasteiger partial charge in [-0.05, 0) is 0 Å². The predicted molar refractivity (Wildman–Crippen MR) is 55.4 cm³/mol. The number of nitriles is 3. The standard InChI is InChI=1S/C5H5.3C2H3N.Ru/c1-2-4-5-3-1;3*1-2-3;/h1-3H,4H2;3*1H3;/q-1;;;;+1. The maximum absolute atomic E-state index is 7.32. The Morgan fingerprint density at radius 2 is 1.33 bits per heavy atom. The quantitative estimate of drug-likeness (QED) is 0.508. The Bertz CT molecular complexity index is 222. The molecule has 0 aromatic rings. The fourth-order valence-corrected chi connectivity index (χ4v) is 0.340. The van der Waals surface area contributed by atoms with E-state index >= 15 is 0 Å². The normalized spacial score (nSPS) is 7.47. The van der Waals surface area contributed by atoms with Crippen LogP contribution in [0, 0.1) is 40.1 Å². The van der Waals surface area contributed by atoms with E-state index in [4.69, 9.17) is 15.8 Å². The molecule has 1 radical (unpaired) electrons. The van der Waals surface area contributed by atoms with Crippen LogP contribution in [0.3, 0.4) is 0 Å². The zero-order valence-electron chi connectivity index (χ0n) is 9.13. The van der Waals surface area contributed by atoms with E-state index in [0.29, 0.717) is 0 Å². The second-order valence-electron chi connectivity index (χ2n) is 1.67. The second kappa shape index (κ2) is 39.0. The van der Waals surface area contributed by atoms with Crippen LogP contribution in [0.5, 0.6) is 0 Å². The molecule has 0 fully saturated rings. The molecule has 1 rings (SSSR count). The maximum Gasteiger partial charge on any atom is 1.00 e. The summed E-state index contributed by atoms with van der Waals surface area (Å²) in [7, 11) is 0. The average Bonchev–Trinajstić information content (AvgIpc) is 2.63. The van der Waals surface area contributed by atoms with Gasteiger partial charge in [-0.15, -0.1) is 6.42 Å². The van der Waals surface area contributed by atoms with E-state index in [-0.39, 0.29) is 19.5 Å². The van der Waals surface area contributed by atoms with Crippen LogP contribution >= 0.6 is 0 Å². The van der Waals surface area contributed by atoms with E-state index in [1.54, 1.807) is 18.2 Å². The molecule has 0 saturated carbocycles. The first kappa shape index (κ1) is 23.4. The van der Waals surface area contributed by atoms with Gasteiger partial charge in [-0.25, -0.2) is 12.2 Å². The molecule has 3 nitrogen and oxygen atoms in total. The minimum atomic E-state index is 0. The number of hydrogen-bond donors (Lipinski definition) is 0. The Balaban J connectivity index is -0.0000000550. The van der Waals surface area contributed by atoms with E-state index in [0.717, 1.165) is 6.42 Å². The topological polar surface area (TPSA) is 71.4 Å². The monoisotopic (exact) mass is 290 g/mol. The van der Waals surface area contributed by atoms with Gasteiger partial charge in [0.2, 0.25) is 0 Å². The number of nitrogens with zero attached hydrogens (tertiary/aromatic N) is 3. The molecule has 0 bridgehead atoms. The van der Waals surface area contributed by atoms with E-state index in [1.165, 1.54) is 20.8 Å². The molecule has 0 aromatic heterocycles. The van der Waals surface area contributed by atoms with Crippen molar-refractivity contribution in [1.82, 2.24) is 0 Å². The number of rotatable bonds is 0. The van der Waals surface area contributed by atoms with Gasteiger partial charge >= 0.3 is 19.5 Å². The summed E-state index contributed by atoms with van der Waals surface area (Å²) in [5.41, 5.74) is 0. The van der Waals surface area contributed by atoms with Crippen molar-refractivity contribution in [2.45, 2.75) is 27.2 Å². The second-order valence-corrected chi connectivity index (χ2v) is 1.67. The van der Waals surface area contributed by atoms with Crippen molar-refractivity contribution < 1.29 is 19.5 Å². The van der Waals surface area contributed by atoms with Crippen LogP contribution in [0.15, 0.2) is 18.2 Å². The Hall–Kier alpha value is -1.43. The van der Waals surface area contributed by atoms with Crippen LogP contribution in [-0.2, 0) is 19.5 Å². The van der Waals surface area contributed by atoms with Crippen molar-refractivity contribution in [3.05, 3.63) is 24.3 Å². The van der Waals surface area contributed by atoms with Crippen molar-refractivity contribution in [2.75, 3.05) is 0 Å². The Morgan fingerprint density at radius 3 is 1.40 bits per heavy atom. The molecule has 0 aliphatic heterocycles. The van der Waals surface area contributed by atoms with Gasteiger partial charge in [-0.2, -0.15) is 21.9 Å². The van der Waals surface area contributed by atoms with Gasteiger partial charge in [0.1, 0.15) is 0 Å². The third-order valence-corrected chi connectivity index (χ3v) is 0.586. The summed E-state index contributed by atoms with van der Waals surface area (Å²) in [6.07, 6.45) is 10.0. The molecule has 0 amide bonds. The van der Waals surface area contributed by atoms with Crippen LogP contribution in [0.25, 0.3) is 0 Å². The third-order valence-electron chi connectivity index (χ3n) is 0.586. The van der Waals surface area contributed by atoms with E-state index < -0.39 is 0 Å². The Morgan fingerprint density at radius 1 is 1.00 bits per heavy atom. The predicted octanol–water partition coefficient (Wildman–Crippen LogP) is 2.89. The molecule has 0 N–H and O–H groups in total. The zero-order valence-corrected chi connectivity index (χ0v) is 10.9. The van der Waals surface area contributed by atoms with Crippen molar-refractivity contribution in [1.29, 1.82) is 15.8 Å². The minimum absolute atomic E-state index is 0. The smallest absolute Gasteiger partial charge is 0.273 e. The van der Waals surface area contributed by atoms with Gasteiger partial charge in [-0.1, -0.05) is 0 Å². The Labute approximate surface area is 105 Å². The minimum Gasteiger partial charge on any atom is -0.273 e. The first-order valence-corrected chi connectivity index (χ1v) is 3.89. The van der Waals surface area contributed by atoms with Gasteiger partial charge in [0.15, 0.2) is 0 Å². The van der Waals surface area contributed by atoms with E-state index in [9.17, 15) is 0 Å². The first-order valence-electron chi connectivity index (χ1n) is 3.89. The van der Waals surface area contributed by atoms with Gasteiger partial charge in [-0.3, -0.25) is 6.08 Å². The third kappa shape index (κ3) is 110. The van der Waals surface area contributed by atoms with Gasteiger partial charge in [0.05, 0.1) is 18.2 Å². The van der Waals surface area contributed by atoms with E-state index in [2.05, 4.69) is 12.2 Å². The fourth-order valence-electron chi connectivity index (χ4n) is 0.340.